The average Bonchev–Trinajstić information content (AvgIpc) is 3.25. The highest BCUT2D eigenvalue weighted by Crippen LogP contribution is 2.18. The van der Waals surface area contributed by atoms with Crippen LogP contribution in [-0.2, 0) is 11.2 Å². The summed E-state index contributed by atoms with van der Waals surface area (Å²) in [6, 6.07) is 9.10. The number of halogens is 2. The maximum atomic E-state index is 13.8. The summed E-state index contributed by atoms with van der Waals surface area (Å²) in [4.78, 5) is 25.4. The van der Waals surface area contributed by atoms with Gasteiger partial charge in [0.15, 0.2) is 0 Å². The number of aromatic nitrogens is 3. The van der Waals surface area contributed by atoms with Crippen molar-refractivity contribution >= 4 is 11.7 Å². The lowest BCUT2D eigenvalue weighted by atomic mass is 10.1. The number of rotatable bonds is 4. The van der Waals surface area contributed by atoms with Gasteiger partial charge in [-0.25, -0.2) is 18.7 Å². The van der Waals surface area contributed by atoms with Crippen LogP contribution in [0.3, 0.4) is 0 Å². The third kappa shape index (κ3) is 4.26. The molecule has 29 heavy (non-hydrogen) atoms. The molecule has 0 saturated carbocycles. The predicted molar refractivity (Wildman–Crippen MR) is 105 cm³/mol. The molecular weight excluding hydrogens is 376 g/mol. The molecule has 1 aliphatic heterocycles. The second kappa shape index (κ2) is 7.98. The molecule has 0 unspecified atom stereocenters. The molecule has 0 atom stereocenters. The van der Waals surface area contributed by atoms with Crippen molar-refractivity contribution in [2.24, 2.45) is 0 Å². The Kier molecular flexibility index (Phi) is 5.24. The smallest absolute Gasteiger partial charge is 0.227 e. The van der Waals surface area contributed by atoms with E-state index >= 15 is 0 Å². The molecule has 1 aromatic carbocycles. The number of amides is 1. The topological polar surface area (TPSA) is 54.3 Å². The number of nitrogens with zero attached hydrogens (tertiary/aromatic N) is 5. The number of hydrogen-bond acceptors (Lipinski definition) is 4. The minimum absolute atomic E-state index is 0.0729. The van der Waals surface area contributed by atoms with Gasteiger partial charge in [0, 0.05) is 50.7 Å². The predicted octanol–water partition coefficient (Wildman–Crippen LogP) is 2.75. The monoisotopic (exact) mass is 397 g/mol. The van der Waals surface area contributed by atoms with Gasteiger partial charge in [-0.3, -0.25) is 4.79 Å². The van der Waals surface area contributed by atoms with E-state index in [1.807, 2.05) is 42.1 Å². The van der Waals surface area contributed by atoms with Gasteiger partial charge in [0.25, 0.3) is 0 Å². The van der Waals surface area contributed by atoms with E-state index < -0.39 is 11.6 Å². The highest BCUT2D eigenvalue weighted by atomic mass is 19.1. The number of aryl methyl sites for hydroxylation is 1. The summed E-state index contributed by atoms with van der Waals surface area (Å²) in [5.74, 6) is 0.789. The van der Waals surface area contributed by atoms with Crippen LogP contribution in [0.25, 0.3) is 5.82 Å². The van der Waals surface area contributed by atoms with Gasteiger partial charge < -0.3 is 14.4 Å². The minimum Gasteiger partial charge on any atom is -0.353 e. The molecule has 0 bridgehead atoms. The molecule has 6 nitrogen and oxygen atoms in total. The Labute approximate surface area is 167 Å². The Balaban J connectivity index is 1.41. The minimum atomic E-state index is -0.689. The Bertz CT molecular complexity index is 1010. The highest BCUT2D eigenvalue weighted by molar-refractivity contribution is 5.79. The Morgan fingerprint density at radius 3 is 2.38 bits per heavy atom. The molecule has 3 aromatic rings. The molecule has 0 N–H and O–H groups in total. The molecule has 1 aliphatic rings. The van der Waals surface area contributed by atoms with Crippen LogP contribution in [0.1, 0.15) is 11.4 Å². The van der Waals surface area contributed by atoms with Crippen LogP contribution >= 0.6 is 0 Å². The number of benzene rings is 1. The maximum absolute atomic E-state index is 13.8. The van der Waals surface area contributed by atoms with Crippen molar-refractivity contribution < 1.29 is 13.6 Å². The normalized spacial score (nSPS) is 14.3. The van der Waals surface area contributed by atoms with Gasteiger partial charge in [-0.2, -0.15) is 0 Å². The molecule has 0 radical (unpaired) electrons. The summed E-state index contributed by atoms with van der Waals surface area (Å²) in [5, 5.41) is 0. The SMILES string of the molecule is Cc1nc(N2CCN(C(=O)Cc3ccc(F)cc3F)CC2)cc(-n2cccc2)n1. The van der Waals surface area contributed by atoms with E-state index in [2.05, 4.69) is 14.9 Å². The van der Waals surface area contributed by atoms with Crippen LogP contribution in [0.5, 0.6) is 0 Å². The fourth-order valence-electron chi connectivity index (χ4n) is 3.44. The first-order valence-corrected chi connectivity index (χ1v) is 9.45. The Morgan fingerprint density at radius 2 is 1.69 bits per heavy atom. The second-order valence-corrected chi connectivity index (χ2v) is 7.00. The molecule has 8 heteroatoms. The van der Waals surface area contributed by atoms with Crippen LogP contribution in [0.2, 0.25) is 0 Å². The average molecular weight is 397 g/mol. The Morgan fingerprint density at radius 1 is 1.00 bits per heavy atom. The molecule has 150 valence electrons. The third-order valence-electron chi connectivity index (χ3n) is 4.99. The molecule has 1 amide bonds. The fraction of sp³-hybridized carbons (Fsp3) is 0.286. The van der Waals surface area contributed by atoms with E-state index in [4.69, 9.17) is 0 Å². The van der Waals surface area contributed by atoms with Gasteiger partial charge in [0.1, 0.15) is 29.1 Å². The molecular formula is C21H21F2N5O. The number of carbonyl (C=O) groups excluding carboxylic acids is 1. The Hall–Kier alpha value is -3.29. The molecule has 0 spiro atoms. The van der Waals surface area contributed by atoms with Gasteiger partial charge >= 0.3 is 0 Å². The van der Waals surface area contributed by atoms with Crippen LogP contribution in [0.15, 0.2) is 48.8 Å². The van der Waals surface area contributed by atoms with Crippen LogP contribution in [-0.4, -0.2) is 51.5 Å². The van der Waals surface area contributed by atoms with E-state index in [1.54, 1.807) is 4.90 Å². The van der Waals surface area contributed by atoms with Crippen molar-refractivity contribution in [3.05, 3.63) is 71.8 Å². The largest absolute Gasteiger partial charge is 0.353 e. The van der Waals surface area contributed by atoms with E-state index in [1.165, 1.54) is 12.1 Å². The summed E-state index contributed by atoms with van der Waals surface area (Å²) in [6.45, 7) is 4.14. The lowest BCUT2D eigenvalue weighted by Gasteiger charge is -2.35. The first-order chi connectivity index (χ1) is 14.0. The molecule has 4 rings (SSSR count). The van der Waals surface area contributed by atoms with Crippen molar-refractivity contribution in [2.45, 2.75) is 13.3 Å². The molecule has 2 aromatic heterocycles. The van der Waals surface area contributed by atoms with Crippen molar-refractivity contribution in [1.29, 1.82) is 0 Å². The summed E-state index contributed by atoms with van der Waals surface area (Å²) in [7, 11) is 0. The van der Waals surface area contributed by atoms with Gasteiger partial charge in [-0.1, -0.05) is 6.07 Å². The van der Waals surface area contributed by atoms with E-state index in [-0.39, 0.29) is 17.9 Å². The van der Waals surface area contributed by atoms with Gasteiger partial charge in [0.2, 0.25) is 5.91 Å². The highest BCUT2D eigenvalue weighted by Gasteiger charge is 2.23. The zero-order valence-corrected chi connectivity index (χ0v) is 16.1. The maximum Gasteiger partial charge on any atom is 0.227 e. The zero-order chi connectivity index (χ0) is 20.4. The van der Waals surface area contributed by atoms with E-state index in [9.17, 15) is 13.6 Å². The van der Waals surface area contributed by atoms with Crippen molar-refractivity contribution in [3.8, 4) is 5.82 Å². The van der Waals surface area contributed by atoms with Crippen LogP contribution in [0, 0.1) is 18.6 Å². The summed E-state index contributed by atoms with van der Waals surface area (Å²) >= 11 is 0. The fourth-order valence-corrected chi connectivity index (χ4v) is 3.44. The lowest BCUT2D eigenvalue weighted by Crippen LogP contribution is -2.49. The molecule has 0 aliphatic carbocycles. The quantitative estimate of drug-likeness (QED) is 0.679. The third-order valence-corrected chi connectivity index (χ3v) is 4.99. The first kappa shape index (κ1) is 19.0. The van der Waals surface area contributed by atoms with Crippen LogP contribution < -0.4 is 4.90 Å². The number of piperazine rings is 1. The zero-order valence-electron chi connectivity index (χ0n) is 16.1. The van der Waals surface area contributed by atoms with Gasteiger partial charge in [0.05, 0.1) is 6.42 Å². The van der Waals surface area contributed by atoms with Crippen LogP contribution in [0.4, 0.5) is 14.6 Å². The van der Waals surface area contributed by atoms with E-state index in [0.29, 0.717) is 32.0 Å². The van der Waals surface area contributed by atoms with Gasteiger partial charge in [-0.15, -0.1) is 0 Å². The van der Waals surface area contributed by atoms with Crippen molar-refractivity contribution in [1.82, 2.24) is 19.4 Å². The lowest BCUT2D eigenvalue weighted by molar-refractivity contribution is -0.130. The van der Waals surface area contributed by atoms with Crippen molar-refractivity contribution in [3.63, 3.8) is 0 Å². The summed E-state index contributed by atoms with van der Waals surface area (Å²) in [5.41, 5.74) is 0.210. The molecule has 1 saturated heterocycles. The number of anilines is 1. The summed E-state index contributed by atoms with van der Waals surface area (Å²) in [6.07, 6.45) is 3.78. The van der Waals surface area contributed by atoms with Crippen molar-refractivity contribution in [2.75, 3.05) is 31.1 Å². The number of carbonyl (C=O) groups is 1. The van der Waals surface area contributed by atoms with Gasteiger partial charge in [-0.05, 0) is 30.7 Å². The first-order valence-electron chi connectivity index (χ1n) is 9.45. The summed E-state index contributed by atoms with van der Waals surface area (Å²) < 4.78 is 28.8. The molecule has 3 heterocycles. The number of hydrogen-bond donors (Lipinski definition) is 0. The molecule has 1 fully saturated rings. The standard InChI is InChI=1S/C21H21F2N5O/c1-15-24-19(26-6-2-3-7-26)14-20(25-15)27-8-10-28(11-9-27)21(29)12-16-4-5-17(22)13-18(16)23/h2-7,13-14H,8-12H2,1H3. The van der Waals surface area contributed by atoms with E-state index in [0.717, 1.165) is 17.7 Å². The second-order valence-electron chi connectivity index (χ2n) is 7.00.